The molecular weight excluding hydrogens is 310 g/mol. The Labute approximate surface area is 145 Å². The summed E-state index contributed by atoms with van der Waals surface area (Å²) in [5.41, 5.74) is 5.41. The highest BCUT2D eigenvalue weighted by atomic mass is 16.3. The third-order valence-corrected chi connectivity index (χ3v) is 5.23. The van der Waals surface area contributed by atoms with Crippen molar-refractivity contribution in [2.45, 2.75) is 19.3 Å². The third kappa shape index (κ3) is 1.88. The Bertz CT molecular complexity index is 1130. The van der Waals surface area contributed by atoms with Crippen LogP contribution in [0.2, 0.25) is 0 Å². The Morgan fingerprint density at radius 1 is 0.720 bits per heavy atom. The van der Waals surface area contributed by atoms with E-state index in [0.29, 0.717) is 0 Å². The fraction of sp³-hybridized carbons (Fsp3) is 0.143. The van der Waals surface area contributed by atoms with Crippen LogP contribution in [0.3, 0.4) is 0 Å². The SMILES string of the molecule is CC(C)(c1ccccc1)c1ccc(O)c(-n2n3c4ccccc4n23)c1. The molecule has 3 aromatic carbocycles. The molecule has 4 heteroatoms. The molecule has 124 valence electrons. The summed E-state index contributed by atoms with van der Waals surface area (Å²) >= 11 is 0. The van der Waals surface area contributed by atoms with Crippen LogP contribution in [-0.4, -0.2) is 19.2 Å². The standard InChI is InChI=1S/C21H19N3O/c1-21(2,15-8-4-3-5-9-15)16-12-13-20(25)19(14-16)24-22-17-10-6-7-11-18(17)23(22)24/h3-14,25H,1-2H3. The molecule has 2 heterocycles. The van der Waals surface area contributed by atoms with Crippen molar-refractivity contribution >= 4 is 11.0 Å². The van der Waals surface area contributed by atoms with Gasteiger partial charge in [-0.3, -0.25) is 0 Å². The molecule has 0 aliphatic rings. The summed E-state index contributed by atoms with van der Waals surface area (Å²) < 4.78 is 4.12. The summed E-state index contributed by atoms with van der Waals surface area (Å²) in [5.74, 6) is 0.285. The molecule has 0 radical (unpaired) electrons. The fourth-order valence-electron chi connectivity index (χ4n) is 3.59. The van der Waals surface area contributed by atoms with E-state index in [2.05, 4.69) is 65.6 Å². The van der Waals surface area contributed by atoms with Gasteiger partial charge >= 0.3 is 0 Å². The first-order valence-electron chi connectivity index (χ1n) is 8.47. The molecule has 0 aliphatic heterocycles. The van der Waals surface area contributed by atoms with E-state index < -0.39 is 0 Å². The zero-order valence-electron chi connectivity index (χ0n) is 14.2. The van der Waals surface area contributed by atoms with E-state index >= 15 is 0 Å². The third-order valence-electron chi connectivity index (χ3n) is 5.23. The van der Waals surface area contributed by atoms with Gasteiger partial charge in [0.15, 0.2) is 0 Å². The minimum atomic E-state index is -0.143. The van der Waals surface area contributed by atoms with Gasteiger partial charge in [-0.2, -0.15) is 0 Å². The van der Waals surface area contributed by atoms with Gasteiger partial charge in [0, 0.05) is 5.41 Å². The Kier molecular flexibility index (Phi) is 2.67. The largest absolute Gasteiger partial charge is 0.506 e. The summed E-state index contributed by atoms with van der Waals surface area (Å²) in [7, 11) is 0. The number of para-hydroxylation sites is 2. The second-order valence-corrected chi connectivity index (χ2v) is 7.05. The maximum atomic E-state index is 10.4. The monoisotopic (exact) mass is 329 g/mol. The lowest BCUT2D eigenvalue weighted by molar-refractivity contribution is 0.471. The van der Waals surface area contributed by atoms with Crippen LogP contribution in [0.15, 0.2) is 72.8 Å². The molecule has 0 saturated carbocycles. The number of hydrogen-bond donors (Lipinski definition) is 1. The number of hydrogen-bond acceptors (Lipinski definition) is 1. The molecule has 0 aliphatic carbocycles. The van der Waals surface area contributed by atoms with Gasteiger partial charge in [0.25, 0.3) is 0 Å². The highest BCUT2D eigenvalue weighted by molar-refractivity contribution is 5.79. The van der Waals surface area contributed by atoms with Crippen molar-refractivity contribution in [3.63, 3.8) is 0 Å². The predicted molar refractivity (Wildman–Crippen MR) is 99.1 cm³/mol. The van der Waals surface area contributed by atoms with E-state index in [1.165, 1.54) is 11.1 Å². The molecule has 0 saturated heterocycles. The van der Waals surface area contributed by atoms with Crippen LogP contribution in [0.25, 0.3) is 16.7 Å². The number of benzene rings is 3. The highest BCUT2D eigenvalue weighted by Gasteiger charge is 2.28. The zero-order chi connectivity index (χ0) is 17.2. The Balaban J connectivity index is 1.65. The summed E-state index contributed by atoms with van der Waals surface area (Å²) in [6, 6.07) is 24.6. The van der Waals surface area contributed by atoms with Gasteiger partial charge in [-0.25, -0.2) is 0 Å². The predicted octanol–water partition coefficient (Wildman–Crippen LogP) is 4.45. The molecule has 0 spiro atoms. The molecule has 0 unspecified atom stereocenters. The van der Waals surface area contributed by atoms with Gasteiger partial charge in [-0.1, -0.05) is 62.4 Å². The number of nitrogens with zero attached hydrogens (tertiary/aromatic N) is 3. The van der Waals surface area contributed by atoms with E-state index in [4.69, 9.17) is 0 Å². The van der Waals surface area contributed by atoms with Crippen LogP contribution >= 0.6 is 0 Å². The average molecular weight is 329 g/mol. The van der Waals surface area contributed by atoms with E-state index in [9.17, 15) is 5.11 Å². The topological polar surface area (TPSA) is 34.0 Å². The average Bonchev–Trinajstić information content (AvgIpc) is 3.29. The molecule has 4 nitrogen and oxygen atoms in total. The molecule has 0 bridgehead atoms. The van der Waals surface area contributed by atoms with Crippen LogP contribution < -0.4 is 0 Å². The van der Waals surface area contributed by atoms with Gasteiger partial charge in [-0.15, -0.1) is 14.1 Å². The van der Waals surface area contributed by atoms with E-state index in [1.54, 1.807) is 6.07 Å². The van der Waals surface area contributed by atoms with Gasteiger partial charge in [-0.05, 0) is 35.4 Å². The molecule has 1 N–H and O–H groups in total. The van der Waals surface area contributed by atoms with Crippen LogP contribution in [0.1, 0.15) is 25.0 Å². The van der Waals surface area contributed by atoms with Crippen LogP contribution in [0, 0.1) is 0 Å². The van der Waals surface area contributed by atoms with E-state index in [1.807, 2.05) is 29.1 Å². The summed E-state index contributed by atoms with van der Waals surface area (Å²) in [5, 5.41) is 10.4. The number of rotatable bonds is 3. The van der Waals surface area contributed by atoms with Gasteiger partial charge in [0.05, 0.1) is 0 Å². The summed E-state index contributed by atoms with van der Waals surface area (Å²) in [4.78, 5) is 2.00. The van der Waals surface area contributed by atoms with Crippen LogP contribution in [0.4, 0.5) is 0 Å². The normalized spacial score (nSPS) is 12.6. The number of phenols is 1. The molecule has 2 aromatic heterocycles. The first-order chi connectivity index (χ1) is 12.1. The minimum Gasteiger partial charge on any atom is -0.506 e. The molecule has 5 aromatic rings. The molecule has 25 heavy (non-hydrogen) atoms. The van der Waals surface area contributed by atoms with Crippen molar-refractivity contribution in [3.05, 3.63) is 83.9 Å². The minimum absolute atomic E-state index is 0.143. The van der Waals surface area contributed by atoms with Crippen molar-refractivity contribution in [2.75, 3.05) is 0 Å². The van der Waals surface area contributed by atoms with E-state index in [0.717, 1.165) is 16.7 Å². The smallest absolute Gasteiger partial charge is 0.143 e. The Morgan fingerprint density at radius 3 is 1.96 bits per heavy atom. The lowest BCUT2D eigenvalue weighted by atomic mass is 9.78. The summed E-state index contributed by atoms with van der Waals surface area (Å²) in [6.07, 6.45) is 0. The fourth-order valence-corrected chi connectivity index (χ4v) is 3.59. The molecule has 0 fully saturated rings. The second kappa shape index (κ2) is 4.70. The van der Waals surface area contributed by atoms with Crippen molar-refractivity contribution in [1.82, 2.24) is 14.1 Å². The number of fused-ring (bicyclic) bond motifs is 4. The maximum absolute atomic E-state index is 10.4. The van der Waals surface area contributed by atoms with Gasteiger partial charge < -0.3 is 5.11 Å². The Hall–Kier alpha value is -3.14. The molecule has 0 amide bonds. The number of phenolic OH excluding ortho intramolecular Hbond substituents is 1. The molecular formula is C21H19N3O. The summed E-state index contributed by atoms with van der Waals surface area (Å²) in [6.45, 7) is 4.43. The van der Waals surface area contributed by atoms with Crippen molar-refractivity contribution in [2.24, 2.45) is 0 Å². The highest BCUT2D eigenvalue weighted by Crippen LogP contribution is 2.36. The van der Waals surface area contributed by atoms with E-state index in [-0.39, 0.29) is 11.2 Å². The van der Waals surface area contributed by atoms with Gasteiger partial charge in [0.2, 0.25) is 0 Å². The van der Waals surface area contributed by atoms with Crippen molar-refractivity contribution in [3.8, 4) is 11.4 Å². The lowest BCUT2D eigenvalue weighted by Gasteiger charge is -2.26. The Morgan fingerprint density at radius 2 is 1.32 bits per heavy atom. The molecule has 5 rings (SSSR count). The molecule has 0 atom stereocenters. The lowest BCUT2D eigenvalue weighted by Crippen LogP contribution is -2.19. The van der Waals surface area contributed by atoms with Crippen LogP contribution in [-0.2, 0) is 5.41 Å². The van der Waals surface area contributed by atoms with Crippen LogP contribution in [0.5, 0.6) is 5.75 Å². The quantitative estimate of drug-likeness (QED) is 0.521. The first-order valence-corrected chi connectivity index (χ1v) is 8.47. The maximum Gasteiger partial charge on any atom is 0.143 e. The second-order valence-electron chi connectivity index (χ2n) is 7.05. The van der Waals surface area contributed by atoms with Gasteiger partial charge in [0.1, 0.15) is 22.5 Å². The van der Waals surface area contributed by atoms with Crippen molar-refractivity contribution < 1.29 is 5.11 Å². The zero-order valence-corrected chi connectivity index (χ0v) is 14.2. The number of aromatic nitrogens is 3. The van der Waals surface area contributed by atoms with Crippen molar-refractivity contribution in [1.29, 1.82) is 0 Å². The number of aromatic hydroxyl groups is 1. The first kappa shape index (κ1) is 14.2.